The van der Waals surface area contributed by atoms with Crippen LogP contribution in [0.5, 0.6) is 0 Å². The zero-order valence-electron chi connectivity index (χ0n) is 18.0. The summed E-state index contributed by atoms with van der Waals surface area (Å²) in [6.07, 6.45) is 3.20. The number of hydrogen-bond donors (Lipinski definition) is 2. The maximum Gasteiger partial charge on any atom is 0.241 e. The first-order valence-electron chi connectivity index (χ1n) is 10.2. The van der Waals surface area contributed by atoms with E-state index in [1.54, 1.807) is 7.05 Å². The standard InChI is InChI=1S/C22H31N5O2.HI/c1-16-17(2)29-20(26-16)14-24-22(23-3)25-15-21(28)27-11-9-19(10-12-27)13-18-7-5-4-6-8-18;/h4-8,19H,9-15H2,1-3H3,(H2,23,24,25);1H. The average molecular weight is 525 g/mol. The quantitative estimate of drug-likeness (QED) is 0.344. The molecule has 2 heterocycles. The molecule has 0 spiro atoms. The van der Waals surface area contributed by atoms with Crippen LogP contribution in [-0.2, 0) is 17.8 Å². The number of rotatable bonds is 6. The van der Waals surface area contributed by atoms with E-state index in [0.717, 1.165) is 43.8 Å². The molecule has 7 nitrogen and oxygen atoms in total. The molecule has 1 saturated heterocycles. The zero-order chi connectivity index (χ0) is 20.6. The summed E-state index contributed by atoms with van der Waals surface area (Å²) in [6, 6.07) is 10.6. The molecular weight excluding hydrogens is 493 g/mol. The highest BCUT2D eigenvalue weighted by Gasteiger charge is 2.23. The van der Waals surface area contributed by atoms with Crippen molar-refractivity contribution in [3.05, 3.63) is 53.2 Å². The van der Waals surface area contributed by atoms with Gasteiger partial charge in [-0.05, 0) is 44.6 Å². The molecule has 0 bridgehead atoms. The van der Waals surface area contributed by atoms with Crippen LogP contribution in [-0.4, -0.2) is 48.4 Å². The van der Waals surface area contributed by atoms with Gasteiger partial charge >= 0.3 is 0 Å². The van der Waals surface area contributed by atoms with E-state index in [9.17, 15) is 4.79 Å². The van der Waals surface area contributed by atoms with Crippen molar-refractivity contribution in [1.82, 2.24) is 20.5 Å². The predicted molar refractivity (Wildman–Crippen MR) is 129 cm³/mol. The number of amides is 1. The number of halogens is 1. The summed E-state index contributed by atoms with van der Waals surface area (Å²) in [6.45, 7) is 6.09. The van der Waals surface area contributed by atoms with E-state index in [0.29, 0.717) is 24.3 Å². The number of carbonyl (C=O) groups excluding carboxylic acids is 1. The van der Waals surface area contributed by atoms with Crippen molar-refractivity contribution in [3.8, 4) is 0 Å². The van der Waals surface area contributed by atoms with Crippen molar-refractivity contribution in [2.45, 2.75) is 39.7 Å². The van der Waals surface area contributed by atoms with Gasteiger partial charge in [0.2, 0.25) is 11.8 Å². The van der Waals surface area contributed by atoms with E-state index >= 15 is 0 Å². The van der Waals surface area contributed by atoms with E-state index in [1.807, 2.05) is 24.8 Å². The second-order valence-electron chi connectivity index (χ2n) is 7.54. The van der Waals surface area contributed by atoms with Gasteiger partial charge in [0.25, 0.3) is 0 Å². The minimum Gasteiger partial charge on any atom is -0.444 e. The molecule has 0 saturated carbocycles. The smallest absolute Gasteiger partial charge is 0.241 e. The van der Waals surface area contributed by atoms with Crippen molar-refractivity contribution in [2.24, 2.45) is 10.9 Å². The normalized spacial score (nSPS) is 14.9. The Kier molecular flexibility index (Phi) is 9.61. The summed E-state index contributed by atoms with van der Waals surface area (Å²) in [5, 5.41) is 6.22. The third-order valence-corrected chi connectivity index (χ3v) is 5.44. The number of guanidine groups is 1. The first kappa shape index (κ1) is 24.2. The Morgan fingerprint density at radius 3 is 2.50 bits per heavy atom. The summed E-state index contributed by atoms with van der Waals surface area (Å²) >= 11 is 0. The highest BCUT2D eigenvalue weighted by molar-refractivity contribution is 14.0. The summed E-state index contributed by atoms with van der Waals surface area (Å²) in [4.78, 5) is 23.0. The van der Waals surface area contributed by atoms with Gasteiger partial charge in [-0.3, -0.25) is 9.79 Å². The lowest BCUT2D eigenvalue weighted by molar-refractivity contribution is -0.131. The second kappa shape index (κ2) is 11.9. The highest BCUT2D eigenvalue weighted by atomic mass is 127. The Hall–Kier alpha value is -2.10. The van der Waals surface area contributed by atoms with Gasteiger partial charge in [-0.2, -0.15) is 0 Å². The van der Waals surface area contributed by atoms with Crippen LogP contribution in [0.4, 0.5) is 0 Å². The van der Waals surface area contributed by atoms with Crippen LogP contribution in [0.2, 0.25) is 0 Å². The predicted octanol–water partition coefficient (Wildman–Crippen LogP) is 3.06. The molecule has 1 aliphatic heterocycles. The highest BCUT2D eigenvalue weighted by Crippen LogP contribution is 2.21. The molecule has 0 atom stereocenters. The van der Waals surface area contributed by atoms with Crippen LogP contribution in [0.1, 0.15) is 35.7 Å². The second-order valence-corrected chi connectivity index (χ2v) is 7.54. The first-order valence-corrected chi connectivity index (χ1v) is 10.2. The van der Waals surface area contributed by atoms with E-state index in [4.69, 9.17) is 4.42 Å². The van der Waals surface area contributed by atoms with Crippen LogP contribution >= 0.6 is 24.0 Å². The molecular formula is C22H32IN5O2. The van der Waals surface area contributed by atoms with E-state index in [-0.39, 0.29) is 36.4 Å². The summed E-state index contributed by atoms with van der Waals surface area (Å²) in [7, 11) is 1.68. The molecule has 1 fully saturated rings. The number of aliphatic imine (C=N–C) groups is 1. The van der Waals surface area contributed by atoms with Crippen LogP contribution in [0, 0.1) is 19.8 Å². The van der Waals surface area contributed by atoms with Crippen LogP contribution in [0.3, 0.4) is 0 Å². The number of aromatic nitrogens is 1. The van der Waals surface area contributed by atoms with Crippen molar-refractivity contribution in [3.63, 3.8) is 0 Å². The Labute approximate surface area is 195 Å². The zero-order valence-corrected chi connectivity index (χ0v) is 20.3. The number of oxazole rings is 1. The van der Waals surface area contributed by atoms with Gasteiger partial charge in [0.05, 0.1) is 18.8 Å². The Morgan fingerprint density at radius 2 is 1.90 bits per heavy atom. The average Bonchev–Trinajstić information content (AvgIpc) is 3.06. The molecule has 1 aromatic carbocycles. The van der Waals surface area contributed by atoms with Gasteiger partial charge in [0, 0.05) is 20.1 Å². The Bertz CT molecular complexity index is 810. The molecule has 0 aliphatic carbocycles. The number of nitrogens with one attached hydrogen (secondary N) is 2. The van der Waals surface area contributed by atoms with Crippen molar-refractivity contribution < 1.29 is 9.21 Å². The fraction of sp³-hybridized carbons (Fsp3) is 0.500. The van der Waals surface area contributed by atoms with E-state index < -0.39 is 0 Å². The minimum absolute atomic E-state index is 0. The molecule has 0 unspecified atom stereocenters. The maximum absolute atomic E-state index is 12.6. The molecule has 0 radical (unpaired) electrons. The topological polar surface area (TPSA) is 82.8 Å². The van der Waals surface area contributed by atoms with Gasteiger partial charge in [0.1, 0.15) is 5.76 Å². The third-order valence-electron chi connectivity index (χ3n) is 5.44. The fourth-order valence-electron chi connectivity index (χ4n) is 3.60. The van der Waals surface area contributed by atoms with Gasteiger partial charge < -0.3 is 20.0 Å². The number of carbonyl (C=O) groups is 1. The monoisotopic (exact) mass is 525 g/mol. The van der Waals surface area contributed by atoms with E-state index in [2.05, 4.69) is 44.9 Å². The van der Waals surface area contributed by atoms with Gasteiger partial charge in [-0.25, -0.2) is 4.98 Å². The number of likely N-dealkylation sites (tertiary alicyclic amines) is 1. The third kappa shape index (κ3) is 7.00. The lowest BCUT2D eigenvalue weighted by Crippen LogP contribution is -2.46. The first-order chi connectivity index (χ1) is 14.0. The fourth-order valence-corrected chi connectivity index (χ4v) is 3.60. The summed E-state index contributed by atoms with van der Waals surface area (Å²) in [5.41, 5.74) is 2.26. The summed E-state index contributed by atoms with van der Waals surface area (Å²) in [5.74, 6) is 2.74. The van der Waals surface area contributed by atoms with Gasteiger partial charge in [0.15, 0.2) is 5.96 Å². The Balaban J connectivity index is 0.00000320. The number of aryl methyl sites for hydroxylation is 2. The number of benzene rings is 1. The van der Waals surface area contributed by atoms with Crippen molar-refractivity contribution in [1.29, 1.82) is 0 Å². The molecule has 30 heavy (non-hydrogen) atoms. The number of hydrogen-bond acceptors (Lipinski definition) is 4. The van der Waals surface area contributed by atoms with Crippen LogP contribution in [0.15, 0.2) is 39.7 Å². The summed E-state index contributed by atoms with van der Waals surface area (Å²) < 4.78 is 5.55. The molecule has 2 aromatic rings. The Morgan fingerprint density at radius 1 is 1.20 bits per heavy atom. The molecule has 1 amide bonds. The SMILES string of the molecule is CN=C(NCC(=O)N1CCC(Cc2ccccc2)CC1)NCc1nc(C)c(C)o1.I. The van der Waals surface area contributed by atoms with Crippen LogP contribution < -0.4 is 10.6 Å². The lowest BCUT2D eigenvalue weighted by Gasteiger charge is -2.32. The number of piperidine rings is 1. The molecule has 2 N–H and O–H groups in total. The van der Waals surface area contributed by atoms with E-state index in [1.165, 1.54) is 5.56 Å². The number of nitrogens with zero attached hydrogens (tertiary/aromatic N) is 3. The van der Waals surface area contributed by atoms with Gasteiger partial charge in [-0.15, -0.1) is 24.0 Å². The lowest BCUT2D eigenvalue weighted by atomic mass is 9.90. The van der Waals surface area contributed by atoms with Gasteiger partial charge in [-0.1, -0.05) is 30.3 Å². The minimum atomic E-state index is 0. The van der Waals surface area contributed by atoms with Crippen molar-refractivity contribution >= 4 is 35.8 Å². The molecule has 164 valence electrons. The van der Waals surface area contributed by atoms with Crippen LogP contribution in [0.25, 0.3) is 0 Å². The molecule has 1 aromatic heterocycles. The largest absolute Gasteiger partial charge is 0.444 e. The molecule has 3 rings (SSSR count). The maximum atomic E-state index is 12.6. The molecule has 8 heteroatoms. The van der Waals surface area contributed by atoms with Crippen molar-refractivity contribution in [2.75, 3.05) is 26.7 Å². The molecule has 1 aliphatic rings.